The minimum atomic E-state index is -2.14. The van der Waals surface area contributed by atoms with Crippen LogP contribution in [-0.2, 0) is 20.4 Å². The van der Waals surface area contributed by atoms with Crippen LogP contribution in [-0.4, -0.2) is 5.43 Å². The zero-order valence-corrected chi connectivity index (χ0v) is 29.3. The van der Waals surface area contributed by atoms with Gasteiger partial charge in [0.15, 0.2) is 0 Å². The molecule has 0 fully saturated rings. The summed E-state index contributed by atoms with van der Waals surface area (Å²) < 4.78 is 1.25. The van der Waals surface area contributed by atoms with E-state index in [9.17, 15) is 0 Å². The molecule has 0 N–H and O–H groups in total. The van der Waals surface area contributed by atoms with E-state index in [0.717, 1.165) is 0 Å². The van der Waals surface area contributed by atoms with Gasteiger partial charge >= 0.3 is 271 Å². The maximum absolute atomic E-state index is 2.62. The van der Waals surface area contributed by atoms with Crippen molar-refractivity contribution in [3.05, 3.63) is 155 Å². The normalized spacial score (nSPS) is 16.9. The van der Waals surface area contributed by atoms with Gasteiger partial charge in [-0.2, -0.15) is 0 Å². The van der Waals surface area contributed by atoms with E-state index in [2.05, 4.69) is 160 Å². The molecule has 0 amide bonds. The Morgan fingerprint density at radius 3 is 1.34 bits per heavy atom. The Kier molecular flexibility index (Phi) is 7.04. The molecule has 0 heterocycles. The van der Waals surface area contributed by atoms with Crippen molar-refractivity contribution in [1.82, 2.24) is 0 Å². The topological polar surface area (TPSA) is 0 Å². The average molecular weight is 660 g/mol. The maximum atomic E-state index is 2.62. The van der Waals surface area contributed by atoms with E-state index in [1.165, 1.54) is 54.9 Å². The first-order valence-electron chi connectivity index (χ1n) is 15.8. The fourth-order valence-corrected chi connectivity index (χ4v) is 28.6. The third-order valence-electron chi connectivity index (χ3n) is 9.88. The second-order valence-electron chi connectivity index (χ2n) is 12.8. The fraction of sp³-hybridized carbons (Fsp3) is 0.143. The van der Waals surface area contributed by atoms with E-state index in [-0.39, 0.29) is 0 Å². The van der Waals surface area contributed by atoms with Crippen molar-refractivity contribution in [3.8, 4) is 22.3 Å². The van der Waals surface area contributed by atoms with Crippen LogP contribution in [0.5, 0.6) is 0 Å². The van der Waals surface area contributed by atoms with Crippen molar-refractivity contribution in [2.24, 2.45) is 0 Å². The molecular weight excluding hydrogens is 624 g/mol. The Morgan fingerprint density at radius 2 is 0.909 bits per heavy atom. The molecule has 0 saturated heterocycles. The summed E-state index contributed by atoms with van der Waals surface area (Å²) in [5, 5.41) is 5.23. The van der Waals surface area contributed by atoms with E-state index in [1.54, 1.807) is 22.3 Å². The van der Waals surface area contributed by atoms with Crippen LogP contribution in [0, 0.1) is 0 Å². The first-order valence-corrected chi connectivity index (χ1v) is 24.8. The van der Waals surface area contributed by atoms with Gasteiger partial charge in [-0.25, -0.2) is 0 Å². The second-order valence-corrected chi connectivity index (χ2v) is 30.7. The molecule has 2 aliphatic rings. The van der Waals surface area contributed by atoms with Gasteiger partial charge in [0.2, 0.25) is 0 Å². The van der Waals surface area contributed by atoms with Crippen molar-refractivity contribution >= 4 is 39.1 Å². The molecule has 8 rings (SSSR count). The van der Waals surface area contributed by atoms with E-state index in [1.807, 2.05) is 0 Å². The van der Waals surface area contributed by atoms with Crippen molar-refractivity contribution in [1.29, 1.82) is 0 Å². The molecule has 2 heteroatoms. The Balaban J connectivity index is 1.23. The van der Waals surface area contributed by atoms with Crippen LogP contribution in [0.1, 0.15) is 43.4 Å². The summed E-state index contributed by atoms with van der Waals surface area (Å²) >= 11 is -2.14. The van der Waals surface area contributed by atoms with E-state index >= 15 is 0 Å². The van der Waals surface area contributed by atoms with Crippen LogP contribution in [0.2, 0.25) is 13.1 Å². The Labute approximate surface area is 269 Å². The van der Waals surface area contributed by atoms with E-state index in [4.69, 9.17) is 0 Å². The van der Waals surface area contributed by atoms with Gasteiger partial charge in [0.25, 0.3) is 0 Å². The van der Waals surface area contributed by atoms with Crippen molar-refractivity contribution in [2.45, 2.75) is 34.2 Å². The molecule has 0 aliphatic heterocycles. The summed E-state index contributed by atoms with van der Waals surface area (Å²) in [6, 6.07) is 45.6. The summed E-state index contributed by atoms with van der Waals surface area (Å²) in [7, 11) is 0. The van der Waals surface area contributed by atoms with E-state index in [0.29, 0.717) is 7.25 Å². The first-order chi connectivity index (χ1) is 21.5. The molecule has 6 aromatic rings. The molecule has 0 radical (unpaired) electrons. The number of rotatable bonds is 4. The third-order valence-corrected chi connectivity index (χ3v) is 29.8. The van der Waals surface area contributed by atoms with Gasteiger partial charge in [0.05, 0.1) is 0 Å². The van der Waals surface area contributed by atoms with Crippen molar-refractivity contribution < 1.29 is 20.4 Å². The summed E-state index contributed by atoms with van der Waals surface area (Å²) in [5.74, 6) is 0. The van der Waals surface area contributed by atoms with Crippen LogP contribution in [0.4, 0.5) is 0 Å². The zero-order chi connectivity index (χ0) is 29.9. The number of fused-ring (bicyclic) bond motifs is 4. The van der Waals surface area contributed by atoms with Gasteiger partial charge < -0.3 is 0 Å². The molecule has 2 aliphatic carbocycles. The molecule has 6 aromatic carbocycles. The van der Waals surface area contributed by atoms with Gasteiger partial charge in [-0.3, -0.25) is 0 Å². The van der Waals surface area contributed by atoms with Crippen LogP contribution in [0.25, 0.3) is 56.0 Å². The summed E-state index contributed by atoms with van der Waals surface area (Å²) in [5.41, 5.74) is 14.3. The summed E-state index contributed by atoms with van der Waals surface area (Å²) in [6.45, 7) is 10.1. The van der Waals surface area contributed by atoms with Gasteiger partial charge in [-0.1, -0.05) is 0 Å². The molecular formula is C42H36SiZr. The SMILES string of the molecule is CC1=Cc2c(-c3ccc4ccccc4c3)cccc2[CH]1[Zr]([CH]1C(C)=Cc2c(-c3ccc4ccccc4c3)cccc21)=[Si](C)C. The summed E-state index contributed by atoms with van der Waals surface area (Å²) in [4.78, 5) is 0. The molecule has 212 valence electrons. The first kappa shape index (κ1) is 27.9. The van der Waals surface area contributed by atoms with Crippen molar-refractivity contribution in [2.75, 3.05) is 0 Å². The zero-order valence-electron chi connectivity index (χ0n) is 25.9. The Hall–Kier alpha value is -3.58. The number of allylic oxidation sites excluding steroid dienone is 2. The van der Waals surface area contributed by atoms with Crippen molar-refractivity contribution in [3.63, 3.8) is 0 Å². The van der Waals surface area contributed by atoms with Crippen LogP contribution in [0.3, 0.4) is 0 Å². The second kappa shape index (κ2) is 11.1. The molecule has 0 spiro atoms. The third kappa shape index (κ3) is 4.58. The van der Waals surface area contributed by atoms with Crippen LogP contribution in [0.15, 0.2) is 132 Å². The van der Waals surface area contributed by atoms with Crippen LogP contribution < -0.4 is 0 Å². The molecule has 2 atom stereocenters. The molecule has 0 aromatic heterocycles. The van der Waals surface area contributed by atoms with Crippen LogP contribution >= 0.6 is 0 Å². The van der Waals surface area contributed by atoms with Gasteiger partial charge in [0, 0.05) is 0 Å². The molecule has 0 saturated carbocycles. The quantitative estimate of drug-likeness (QED) is 0.165. The predicted octanol–water partition coefficient (Wildman–Crippen LogP) is 11.8. The Bertz CT molecular complexity index is 2070. The standard InChI is InChI=1S/2C20H15.C2H6Si.Zr/c2*1-14-11-17-7-4-8-19(20(17)12-14)18-10-9-15-5-2-3-6-16(15)13-18;1-3-2;/h2*2-13H,1H3;1-2H3;. The monoisotopic (exact) mass is 658 g/mol. The van der Waals surface area contributed by atoms with Gasteiger partial charge in [-0.15, -0.1) is 0 Å². The van der Waals surface area contributed by atoms with E-state index < -0.39 is 25.8 Å². The molecule has 0 bridgehead atoms. The van der Waals surface area contributed by atoms with Gasteiger partial charge in [-0.05, 0) is 0 Å². The average Bonchev–Trinajstić information content (AvgIpc) is 3.56. The molecule has 44 heavy (non-hydrogen) atoms. The fourth-order valence-electron chi connectivity index (χ4n) is 7.89. The minimum absolute atomic E-state index is 0.483. The van der Waals surface area contributed by atoms with Gasteiger partial charge in [0.1, 0.15) is 0 Å². The molecule has 2 unspecified atom stereocenters. The predicted molar refractivity (Wildman–Crippen MR) is 189 cm³/mol. The molecule has 0 nitrogen and oxygen atoms in total. The number of hydrogen-bond acceptors (Lipinski definition) is 0. The number of benzene rings is 6. The Morgan fingerprint density at radius 1 is 0.477 bits per heavy atom. The summed E-state index contributed by atoms with van der Waals surface area (Å²) in [6.07, 6.45) is 5.10. The number of hydrogen-bond donors (Lipinski definition) is 0.